The Labute approximate surface area is 94.0 Å². The van der Waals surface area contributed by atoms with Gasteiger partial charge in [0.15, 0.2) is 0 Å². The van der Waals surface area contributed by atoms with Crippen molar-refractivity contribution in [2.45, 2.75) is 40.2 Å². The molecule has 0 bridgehead atoms. The number of Topliss-reactive ketones (excluding diaryl/α,β-unsaturated/α-hetero) is 1. The molecule has 0 aliphatic rings. The van der Waals surface area contributed by atoms with Crippen molar-refractivity contribution >= 4 is 5.78 Å². The highest BCUT2D eigenvalue weighted by molar-refractivity contribution is 5.83. The van der Waals surface area contributed by atoms with Crippen LogP contribution in [0, 0.1) is 11.3 Å². The third-order valence-electron chi connectivity index (χ3n) is 2.65. The van der Waals surface area contributed by atoms with Crippen LogP contribution in [0.4, 0.5) is 0 Å². The van der Waals surface area contributed by atoms with Crippen LogP contribution in [0.2, 0.25) is 0 Å². The summed E-state index contributed by atoms with van der Waals surface area (Å²) < 4.78 is 0. The molecule has 15 heavy (non-hydrogen) atoms. The van der Waals surface area contributed by atoms with Crippen LogP contribution in [0.5, 0.6) is 0 Å². The molecule has 0 aromatic rings. The molecule has 0 fully saturated rings. The van der Waals surface area contributed by atoms with E-state index in [1.165, 1.54) is 0 Å². The van der Waals surface area contributed by atoms with Crippen molar-refractivity contribution in [1.29, 1.82) is 0 Å². The third-order valence-corrected chi connectivity index (χ3v) is 2.65. The molecule has 2 N–H and O–H groups in total. The number of likely N-dealkylation sites (N-methyl/N-ethyl adjacent to an activating group) is 1. The summed E-state index contributed by atoms with van der Waals surface area (Å²) in [6, 6.07) is 0.0753. The predicted octanol–water partition coefficient (Wildman–Crippen LogP) is 1.52. The SMILES string of the molecule is CC(CC(=O)C(C)(C)C)C(N)CN(C)C. The summed E-state index contributed by atoms with van der Waals surface area (Å²) in [7, 11) is 4.00. The maximum Gasteiger partial charge on any atom is 0.138 e. The number of nitrogens with zero attached hydrogens (tertiary/aromatic N) is 1. The van der Waals surface area contributed by atoms with Gasteiger partial charge in [-0.1, -0.05) is 27.7 Å². The summed E-state index contributed by atoms with van der Waals surface area (Å²) in [6.45, 7) is 8.76. The quantitative estimate of drug-likeness (QED) is 0.754. The largest absolute Gasteiger partial charge is 0.326 e. The Morgan fingerprint density at radius 1 is 1.33 bits per heavy atom. The minimum atomic E-state index is -0.244. The average Bonchev–Trinajstić information content (AvgIpc) is 2.00. The summed E-state index contributed by atoms with van der Waals surface area (Å²) in [4.78, 5) is 13.9. The molecule has 0 aromatic carbocycles. The number of nitrogens with two attached hydrogens (primary N) is 1. The molecule has 2 unspecified atom stereocenters. The number of carbonyl (C=O) groups is 1. The number of carbonyl (C=O) groups excluding carboxylic acids is 1. The normalized spacial score (nSPS) is 16.5. The Kier molecular flexibility index (Phi) is 5.46. The maximum absolute atomic E-state index is 11.8. The van der Waals surface area contributed by atoms with Gasteiger partial charge in [-0.25, -0.2) is 0 Å². The van der Waals surface area contributed by atoms with Crippen LogP contribution in [-0.4, -0.2) is 37.4 Å². The standard InChI is InChI=1S/C12H26N2O/c1-9(10(13)8-14(5)6)7-11(15)12(2,3)4/h9-10H,7-8,13H2,1-6H3. The molecule has 3 heteroatoms. The van der Waals surface area contributed by atoms with E-state index in [0.29, 0.717) is 12.2 Å². The van der Waals surface area contributed by atoms with E-state index in [1.807, 2.05) is 34.9 Å². The fourth-order valence-corrected chi connectivity index (χ4v) is 1.35. The Hall–Kier alpha value is -0.410. The molecule has 2 atom stereocenters. The summed E-state index contributed by atoms with van der Waals surface area (Å²) in [5.74, 6) is 0.545. The van der Waals surface area contributed by atoms with Crippen LogP contribution >= 0.6 is 0 Å². The van der Waals surface area contributed by atoms with E-state index in [4.69, 9.17) is 5.73 Å². The van der Waals surface area contributed by atoms with Gasteiger partial charge in [-0.15, -0.1) is 0 Å². The van der Waals surface area contributed by atoms with Gasteiger partial charge < -0.3 is 10.6 Å². The highest BCUT2D eigenvalue weighted by Crippen LogP contribution is 2.20. The molecule has 0 radical (unpaired) electrons. The van der Waals surface area contributed by atoms with Crippen molar-refractivity contribution < 1.29 is 4.79 Å². The van der Waals surface area contributed by atoms with Gasteiger partial charge in [0.25, 0.3) is 0 Å². The zero-order valence-electron chi connectivity index (χ0n) is 11.0. The summed E-state index contributed by atoms with van der Waals surface area (Å²) in [5, 5.41) is 0. The van der Waals surface area contributed by atoms with E-state index in [9.17, 15) is 4.79 Å². The van der Waals surface area contributed by atoms with Crippen molar-refractivity contribution in [3.8, 4) is 0 Å². The highest BCUT2D eigenvalue weighted by Gasteiger charge is 2.25. The second-order valence-electron chi connectivity index (χ2n) is 5.78. The number of hydrogen-bond donors (Lipinski definition) is 1. The lowest BCUT2D eigenvalue weighted by molar-refractivity contribution is -0.127. The zero-order chi connectivity index (χ0) is 12.2. The van der Waals surface area contributed by atoms with E-state index < -0.39 is 0 Å². The molecule has 0 spiro atoms. The first-order valence-corrected chi connectivity index (χ1v) is 5.58. The fourth-order valence-electron chi connectivity index (χ4n) is 1.35. The molecule has 0 heterocycles. The van der Waals surface area contributed by atoms with E-state index in [0.717, 1.165) is 6.54 Å². The van der Waals surface area contributed by atoms with Crippen LogP contribution in [0.25, 0.3) is 0 Å². The number of ketones is 1. The van der Waals surface area contributed by atoms with Crippen molar-refractivity contribution in [2.75, 3.05) is 20.6 Å². The van der Waals surface area contributed by atoms with Gasteiger partial charge in [-0.2, -0.15) is 0 Å². The molecular weight excluding hydrogens is 188 g/mol. The lowest BCUT2D eigenvalue weighted by Gasteiger charge is -2.25. The van der Waals surface area contributed by atoms with Crippen LogP contribution in [0.1, 0.15) is 34.1 Å². The van der Waals surface area contributed by atoms with Crippen LogP contribution in [0.3, 0.4) is 0 Å². The minimum Gasteiger partial charge on any atom is -0.326 e. The van der Waals surface area contributed by atoms with Gasteiger partial charge in [0.2, 0.25) is 0 Å². The van der Waals surface area contributed by atoms with Crippen LogP contribution in [-0.2, 0) is 4.79 Å². The van der Waals surface area contributed by atoms with Crippen molar-refractivity contribution in [1.82, 2.24) is 4.90 Å². The van der Waals surface area contributed by atoms with Crippen molar-refractivity contribution in [3.63, 3.8) is 0 Å². The first-order chi connectivity index (χ1) is 6.64. The maximum atomic E-state index is 11.8. The monoisotopic (exact) mass is 214 g/mol. The number of rotatable bonds is 5. The van der Waals surface area contributed by atoms with Crippen LogP contribution < -0.4 is 5.73 Å². The van der Waals surface area contributed by atoms with Gasteiger partial charge in [0.05, 0.1) is 0 Å². The summed E-state index contributed by atoms with van der Waals surface area (Å²) >= 11 is 0. The second kappa shape index (κ2) is 5.61. The van der Waals surface area contributed by atoms with Crippen molar-refractivity contribution in [2.24, 2.45) is 17.1 Å². The first kappa shape index (κ1) is 14.6. The fraction of sp³-hybridized carbons (Fsp3) is 0.917. The minimum absolute atomic E-state index is 0.0753. The van der Waals surface area contributed by atoms with E-state index in [-0.39, 0.29) is 17.4 Å². The second-order valence-corrected chi connectivity index (χ2v) is 5.78. The predicted molar refractivity (Wildman–Crippen MR) is 64.8 cm³/mol. The van der Waals surface area contributed by atoms with Gasteiger partial charge in [0.1, 0.15) is 5.78 Å². The average molecular weight is 214 g/mol. The molecule has 0 amide bonds. The summed E-state index contributed by atoms with van der Waals surface area (Å²) in [5.41, 5.74) is 5.77. The molecule has 0 aromatic heterocycles. The molecule has 0 rings (SSSR count). The molecule has 0 aliphatic heterocycles. The molecule has 0 aliphatic carbocycles. The van der Waals surface area contributed by atoms with Gasteiger partial charge in [-0.05, 0) is 20.0 Å². The number of hydrogen-bond acceptors (Lipinski definition) is 3. The zero-order valence-corrected chi connectivity index (χ0v) is 11.0. The van der Waals surface area contributed by atoms with Gasteiger partial charge >= 0.3 is 0 Å². The van der Waals surface area contributed by atoms with Gasteiger partial charge in [-0.3, -0.25) is 4.79 Å². The Morgan fingerprint density at radius 3 is 2.13 bits per heavy atom. The summed E-state index contributed by atoms with van der Waals surface area (Å²) in [6.07, 6.45) is 0.582. The Morgan fingerprint density at radius 2 is 1.80 bits per heavy atom. The molecule has 0 saturated heterocycles. The lowest BCUT2D eigenvalue weighted by atomic mass is 9.83. The van der Waals surface area contributed by atoms with Crippen LogP contribution in [0.15, 0.2) is 0 Å². The Bertz CT molecular complexity index is 206. The van der Waals surface area contributed by atoms with Gasteiger partial charge in [0, 0.05) is 24.4 Å². The Balaban J connectivity index is 4.13. The van der Waals surface area contributed by atoms with E-state index in [1.54, 1.807) is 0 Å². The third kappa shape index (κ3) is 5.90. The molecule has 0 saturated carbocycles. The van der Waals surface area contributed by atoms with Crippen molar-refractivity contribution in [3.05, 3.63) is 0 Å². The highest BCUT2D eigenvalue weighted by atomic mass is 16.1. The molecule has 3 nitrogen and oxygen atoms in total. The van der Waals surface area contributed by atoms with E-state index in [2.05, 4.69) is 11.8 Å². The van der Waals surface area contributed by atoms with E-state index >= 15 is 0 Å². The molecule has 90 valence electrons. The first-order valence-electron chi connectivity index (χ1n) is 5.58. The molecular formula is C12H26N2O. The lowest BCUT2D eigenvalue weighted by Crippen LogP contribution is -2.40. The smallest absolute Gasteiger partial charge is 0.138 e. The topological polar surface area (TPSA) is 46.3 Å².